The smallest absolute Gasteiger partial charge is 0.335 e. The van der Waals surface area contributed by atoms with Crippen LogP contribution < -0.4 is 4.90 Å². The van der Waals surface area contributed by atoms with Crippen LogP contribution in [0.25, 0.3) is 0 Å². The number of benzene rings is 1. The van der Waals surface area contributed by atoms with E-state index in [1.807, 2.05) is 25.7 Å². The molecule has 0 radical (unpaired) electrons. The monoisotopic (exact) mass is 239 g/mol. The van der Waals surface area contributed by atoms with Gasteiger partial charge in [-0.1, -0.05) is 6.92 Å². The summed E-state index contributed by atoms with van der Waals surface area (Å²) in [6.45, 7) is 6.71. The molecule has 1 rings (SSSR count). The number of halogens is 1. The second kappa shape index (κ2) is 5.66. The van der Waals surface area contributed by atoms with Crippen molar-refractivity contribution in [2.24, 2.45) is 0 Å². The van der Waals surface area contributed by atoms with Crippen LogP contribution in [0.1, 0.15) is 37.6 Å². The first-order chi connectivity index (χ1) is 8.01. The maximum atomic E-state index is 13.8. The maximum absolute atomic E-state index is 13.8. The summed E-state index contributed by atoms with van der Waals surface area (Å²) < 4.78 is 13.8. The lowest BCUT2D eigenvalue weighted by atomic mass is 10.1. The summed E-state index contributed by atoms with van der Waals surface area (Å²) >= 11 is 0. The number of carbonyl (C=O) groups is 1. The third-order valence-electron chi connectivity index (χ3n) is 2.97. The number of nitrogens with zero attached hydrogens (tertiary/aromatic N) is 1. The second-order valence-corrected chi connectivity index (χ2v) is 4.01. The number of aromatic carboxylic acids is 1. The summed E-state index contributed by atoms with van der Waals surface area (Å²) in [6, 6.07) is 4.27. The zero-order valence-corrected chi connectivity index (χ0v) is 10.4. The molecular weight excluding hydrogens is 221 g/mol. The number of carboxylic acid groups (broad SMARTS) is 1. The molecule has 1 N–H and O–H groups in total. The molecule has 0 aliphatic carbocycles. The fraction of sp³-hybridized carbons (Fsp3) is 0.462. The molecule has 1 atom stereocenters. The molecule has 0 aliphatic rings. The molecule has 94 valence electrons. The Labute approximate surface area is 101 Å². The lowest BCUT2D eigenvalue weighted by molar-refractivity contribution is 0.0696. The van der Waals surface area contributed by atoms with E-state index in [9.17, 15) is 9.18 Å². The lowest BCUT2D eigenvalue weighted by Crippen LogP contribution is -2.33. The van der Waals surface area contributed by atoms with E-state index in [-0.39, 0.29) is 11.6 Å². The van der Waals surface area contributed by atoms with Gasteiger partial charge in [-0.25, -0.2) is 9.18 Å². The van der Waals surface area contributed by atoms with Crippen LogP contribution in [-0.2, 0) is 0 Å². The lowest BCUT2D eigenvalue weighted by Gasteiger charge is -2.29. The highest BCUT2D eigenvalue weighted by Gasteiger charge is 2.16. The van der Waals surface area contributed by atoms with E-state index in [1.165, 1.54) is 12.1 Å². The molecule has 0 saturated carbocycles. The van der Waals surface area contributed by atoms with Gasteiger partial charge in [-0.05, 0) is 38.5 Å². The van der Waals surface area contributed by atoms with Gasteiger partial charge in [-0.2, -0.15) is 0 Å². The van der Waals surface area contributed by atoms with Crippen molar-refractivity contribution in [3.8, 4) is 0 Å². The third-order valence-corrected chi connectivity index (χ3v) is 2.97. The van der Waals surface area contributed by atoms with E-state index >= 15 is 0 Å². The highest BCUT2D eigenvalue weighted by atomic mass is 19.1. The molecule has 0 bridgehead atoms. The summed E-state index contributed by atoms with van der Waals surface area (Å²) in [7, 11) is 0. The largest absolute Gasteiger partial charge is 0.478 e. The van der Waals surface area contributed by atoms with Crippen molar-refractivity contribution in [2.45, 2.75) is 33.2 Å². The Kier molecular flexibility index (Phi) is 4.49. The van der Waals surface area contributed by atoms with Crippen LogP contribution in [-0.4, -0.2) is 23.7 Å². The van der Waals surface area contributed by atoms with Crippen LogP contribution in [0.2, 0.25) is 0 Å². The van der Waals surface area contributed by atoms with Crippen molar-refractivity contribution < 1.29 is 14.3 Å². The number of carboxylic acids is 1. The molecule has 0 aliphatic heterocycles. The number of anilines is 1. The minimum Gasteiger partial charge on any atom is -0.478 e. The molecule has 1 aromatic carbocycles. The SMILES string of the molecule is CCC(C)N(CC)c1ccc(C(=O)O)cc1F. The van der Waals surface area contributed by atoms with Gasteiger partial charge in [0.05, 0.1) is 11.3 Å². The average Bonchev–Trinajstić information content (AvgIpc) is 2.31. The first-order valence-corrected chi connectivity index (χ1v) is 5.80. The van der Waals surface area contributed by atoms with Crippen molar-refractivity contribution in [1.82, 2.24) is 0 Å². The Bertz CT molecular complexity index is 406. The molecule has 4 heteroatoms. The quantitative estimate of drug-likeness (QED) is 0.858. The zero-order chi connectivity index (χ0) is 13.0. The van der Waals surface area contributed by atoms with Gasteiger partial charge in [0.2, 0.25) is 0 Å². The second-order valence-electron chi connectivity index (χ2n) is 4.01. The topological polar surface area (TPSA) is 40.5 Å². The van der Waals surface area contributed by atoms with Crippen LogP contribution in [0.15, 0.2) is 18.2 Å². The van der Waals surface area contributed by atoms with E-state index < -0.39 is 11.8 Å². The highest BCUT2D eigenvalue weighted by molar-refractivity contribution is 5.88. The van der Waals surface area contributed by atoms with Crippen molar-refractivity contribution >= 4 is 11.7 Å². The van der Waals surface area contributed by atoms with Gasteiger partial charge in [0.1, 0.15) is 5.82 Å². The zero-order valence-electron chi connectivity index (χ0n) is 10.4. The van der Waals surface area contributed by atoms with Crippen LogP contribution >= 0.6 is 0 Å². The van der Waals surface area contributed by atoms with Gasteiger partial charge in [-0.15, -0.1) is 0 Å². The van der Waals surface area contributed by atoms with E-state index in [2.05, 4.69) is 0 Å². The number of hydrogen-bond donors (Lipinski definition) is 1. The fourth-order valence-corrected chi connectivity index (χ4v) is 1.81. The van der Waals surface area contributed by atoms with Crippen molar-refractivity contribution in [3.63, 3.8) is 0 Å². The van der Waals surface area contributed by atoms with E-state index in [0.717, 1.165) is 12.5 Å². The Morgan fingerprint density at radius 2 is 2.12 bits per heavy atom. The van der Waals surface area contributed by atoms with Crippen LogP contribution in [0, 0.1) is 5.82 Å². The minimum atomic E-state index is -1.11. The first-order valence-electron chi connectivity index (χ1n) is 5.80. The Morgan fingerprint density at radius 3 is 2.53 bits per heavy atom. The Hall–Kier alpha value is -1.58. The predicted octanol–water partition coefficient (Wildman–Crippen LogP) is 3.15. The molecule has 0 aromatic heterocycles. The summed E-state index contributed by atoms with van der Waals surface area (Å²) in [5, 5.41) is 8.77. The molecule has 3 nitrogen and oxygen atoms in total. The molecule has 0 spiro atoms. The van der Waals surface area contributed by atoms with E-state index in [0.29, 0.717) is 12.2 Å². The minimum absolute atomic E-state index is 0.0218. The summed E-state index contributed by atoms with van der Waals surface area (Å²) in [5.74, 6) is -1.59. The molecular formula is C13H18FNO2. The molecule has 0 amide bonds. The van der Waals surface area contributed by atoms with Crippen molar-refractivity contribution in [2.75, 3.05) is 11.4 Å². The predicted molar refractivity (Wildman–Crippen MR) is 66.1 cm³/mol. The molecule has 1 unspecified atom stereocenters. The third kappa shape index (κ3) is 2.96. The van der Waals surface area contributed by atoms with Crippen LogP contribution in [0.4, 0.5) is 10.1 Å². The molecule has 0 heterocycles. The fourth-order valence-electron chi connectivity index (χ4n) is 1.81. The van der Waals surface area contributed by atoms with Crippen molar-refractivity contribution in [3.05, 3.63) is 29.6 Å². The Morgan fingerprint density at radius 1 is 1.47 bits per heavy atom. The summed E-state index contributed by atoms with van der Waals surface area (Å²) in [4.78, 5) is 12.6. The van der Waals surface area contributed by atoms with Crippen LogP contribution in [0.5, 0.6) is 0 Å². The van der Waals surface area contributed by atoms with Gasteiger partial charge in [0.25, 0.3) is 0 Å². The van der Waals surface area contributed by atoms with E-state index in [4.69, 9.17) is 5.11 Å². The standard InChI is InChI=1S/C13H18FNO2/c1-4-9(3)15(5-2)12-7-6-10(13(16)17)8-11(12)14/h6-9H,4-5H2,1-3H3,(H,16,17). The van der Waals surface area contributed by atoms with Gasteiger partial charge >= 0.3 is 5.97 Å². The normalized spacial score (nSPS) is 12.2. The van der Waals surface area contributed by atoms with Gasteiger partial charge in [-0.3, -0.25) is 0 Å². The number of rotatable bonds is 5. The van der Waals surface area contributed by atoms with E-state index in [1.54, 1.807) is 0 Å². The van der Waals surface area contributed by atoms with Gasteiger partial charge in [0, 0.05) is 12.6 Å². The van der Waals surface area contributed by atoms with Crippen LogP contribution in [0.3, 0.4) is 0 Å². The molecule has 1 aromatic rings. The first kappa shape index (κ1) is 13.5. The van der Waals surface area contributed by atoms with Crippen molar-refractivity contribution in [1.29, 1.82) is 0 Å². The van der Waals surface area contributed by atoms with Gasteiger partial charge in [0.15, 0.2) is 0 Å². The average molecular weight is 239 g/mol. The summed E-state index contributed by atoms with van der Waals surface area (Å²) in [6.07, 6.45) is 0.911. The number of hydrogen-bond acceptors (Lipinski definition) is 2. The molecule has 0 fully saturated rings. The molecule has 17 heavy (non-hydrogen) atoms. The molecule has 0 saturated heterocycles. The summed E-state index contributed by atoms with van der Waals surface area (Å²) in [5.41, 5.74) is 0.443. The highest BCUT2D eigenvalue weighted by Crippen LogP contribution is 2.23. The Balaban J connectivity index is 3.09. The maximum Gasteiger partial charge on any atom is 0.335 e. The van der Waals surface area contributed by atoms with Gasteiger partial charge < -0.3 is 10.0 Å².